The normalized spacial score (nSPS) is 18.0. The molecule has 8 heteroatoms. The number of rotatable bonds is 4. The van der Waals surface area contributed by atoms with Gasteiger partial charge in [0.2, 0.25) is 0 Å². The first-order chi connectivity index (χ1) is 9.04. The van der Waals surface area contributed by atoms with Gasteiger partial charge in [0, 0.05) is 13.2 Å². The van der Waals surface area contributed by atoms with E-state index in [-0.39, 0.29) is 23.3 Å². The van der Waals surface area contributed by atoms with E-state index in [1.54, 1.807) is 0 Å². The van der Waals surface area contributed by atoms with Gasteiger partial charge in [-0.05, 0) is 12.8 Å². The van der Waals surface area contributed by atoms with E-state index >= 15 is 0 Å². The maximum atomic E-state index is 10.8. The Hall–Kier alpha value is -1.44. The number of aromatic nitrogens is 1. The molecule has 0 bridgehead atoms. The minimum atomic E-state index is -0.566. The van der Waals surface area contributed by atoms with Crippen LogP contribution in [0.4, 0.5) is 11.5 Å². The second kappa shape index (κ2) is 5.68. The van der Waals surface area contributed by atoms with E-state index < -0.39 is 10.5 Å². The summed E-state index contributed by atoms with van der Waals surface area (Å²) in [6.07, 6.45) is 1.21. The second-order valence-corrected chi connectivity index (χ2v) is 4.85. The number of nitrogens with zero attached hydrogens (tertiary/aromatic N) is 2. The Kier molecular flexibility index (Phi) is 4.18. The molecule has 0 atom stereocenters. The van der Waals surface area contributed by atoms with E-state index in [2.05, 4.69) is 10.3 Å². The van der Waals surface area contributed by atoms with Crippen molar-refractivity contribution in [3.05, 3.63) is 27.4 Å². The number of halogens is 1. The van der Waals surface area contributed by atoms with Crippen molar-refractivity contribution in [1.82, 2.24) is 4.98 Å². The first-order valence-corrected chi connectivity index (χ1v) is 6.21. The fourth-order valence-corrected chi connectivity index (χ4v) is 2.21. The van der Waals surface area contributed by atoms with Crippen molar-refractivity contribution in [2.75, 3.05) is 25.1 Å². The Morgan fingerprint density at radius 3 is 2.79 bits per heavy atom. The Labute approximate surface area is 114 Å². The van der Waals surface area contributed by atoms with Crippen molar-refractivity contribution >= 4 is 23.1 Å². The molecule has 7 nitrogen and oxygen atoms in total. The summed E-state index contributed by atoms with van der Waals surface area (Å²) in [4.78, 5) is 14.2. The molecule has 0 unspecified atom stereocenters. The molecular formula is C11H14ClN3O4. The summed E-state index contributed by atoms with van der Waals surface area (Å²) >= 11 is 5.76. The number of hydrogen-bond donors (Lipinski definition) is 2. The molecule has 1 aromatic rings. The van der Waals surface area contributed by atoms with Gasteiger partial charge in [0.05, 0.1) is 29.2 Å². The number of pyridine rings is 1. The molecule has 1 aliphatic heterocycles. The Balaban J connectivity index is 2.23. The summed E-state index contributed by atoms with van der Waals surface area (Å²) < 4.78 is 5.24. The van der Waals surface area contributed by atoms with Crippen molar-refractivity contribution in [1.29, 1.82) is 0 Å². The lowest BCUT2D eigenvalue weighted by atomic mass is 9.91. The molecule has 1 aliphatic rings. The van der Waals surface area contributed by atoms with Crippen LogP contribution in [0, 0.1) is 10.1 Å². The number of hydrogen-bond acceptors (Lipinski definition) is 6. The van der Waals surface area contributed by atoms with Crippen LogP contribution in [-0.4, -0.2) is 40.4 Å². The molecule has 0 amide bonds. The van der Waals surface area contributed by atoms with Crippen LogP contribution in [-0.2, 0) is 4.74 Å². The largest absolute Gasteiger partial charge is 0.394 e. The van der Waals surface area contributed by atoms with Crippen LogP contribution >= 0.6 is 11.6 Å². The van der Waals surface area contributed by atoms with E-state index in [0.29, 0.717) is 26.1 Å². The summed E-state index contributed by atoms with van der Waals surface area (Å²) in [5.74, 6) is 0.287. The summed E-state index contributed by atoms with van der Waals surface area (Å²) in [6.45, 7) is 0.949. The second-order valence-electron chi connectivity index (χ2n) is 4.47. The van der Waals surface area contributed by atoms with E-state index in [4.69, 9.17) is 16.3 Å². The van der Waals surface area contributed by atoms with Gasteiger partial charge >= 0.3 is 0 Å². The zero-order valence-electron chi connectivity index (χ0n) is 10.1. The van der Waals surface area contributed by atoms with Gasteiger partial charge in [-0.25, -0.2) is 4.98 Å². The maximum absolute atomic E-state index is 10.8. The third kappa shape index (κ3) is 3.31. The third-order valence-electron chi connectivity index (χ3n) is 3.14. The highest BCUT2D eigenvalue weighted by Crippen LogP contribution is 2.27. The average molecular weight is 288 g/mol. The maximum Gasteiger partial charge on any atom is 0.276 e. The van der Waals surface area contributed by atoms with Crippen molar-refractivity contribution in [3.8, 4) is 0 Å². The number of nitro groups is 1. The third-order valence-corrected chi connectivity index (χ3v) is 3.33. The van der Waals surface area contributed by atoms with Gasteiger partial charge in [-0.15, -0.1) is 0 Å². The number of aliphatic hydroxyl groups is 1. The molecule has 1 aromatic heterocycles. The van der Waals surface area contributed by atoms with E-state index in [1.165, 1.54) is 12.1 Å². The number of nitrogens with one attached hydrogen (secondary N) is 1. The lowest BCUT2D eigenvalue weighted by molar-refractivity contribution is -0.384. The van der Waals surface area contributed by atoms with Crippen LogP contribution in [0.25, 0.3) is 0 Å². The highest BCUT2D eigenvalue weighted by Gasteiger charge is 2.32. The van der Waals surface area contributed by atoms with E-state index in [9.17, 15) is 15.2 Å². The fourth-order valence-electron chi connectivity index (χ4n) is 2.01. The van der Waals surface area contributed by atoms with Crippen LogP contribution in [0.1, 0.15) is 12.8 Å². The summed E-state index contributed by atoms with van der Waals surface area (Å²) in [5, 5.41) is 23.4. The van der Waals surface area contributed by atoms with Gasteiger partial charge in [-0.1, -0.05) is 11.6 Å². The number of ether oxygens (including phenoxy) is 1. The number of aliphatic hydroxyl groups excluding tert-OH is 1. The van der Waals surface area contributed by atoms with E-state index in [0.717, 1.165) is 0 Å². The first kappa shape index (κ1) is 14.0. The predicted molar refractivity (Wildman–Crippen MR) is 69.4 cm³/mol. The fraction of sp³-hybridized carbons (Fsp3) is 0.545. The Bertz CT molecular complexity index is 477. The van der Waals surface area contributed by atoms with Crippen molar-refractivity contribution in [3.63, 3.8) is 0 Å². The van der Waals surface area contributed by atoms with Gasteiger partial charge in [0.25, 0.3) is 5.69 Å². The van der Waals surface area contributed by atoms with Crippen LogP contribution in [0.15, 0.2) is 12.1 Å². The Morgan fingerprint density at radius 2 is 2.21 bits per heavy atom. The van der Waals surface area contributed by atoms with Crippen LogP contribution in [0.5, 0.6) is 0 Å². The first-order valence-electron chi connectivity index (χ1n) is 5.83. The number of anilines is 1. The zero-order valence-corrected chi connectivity index (χ0v) is 10.9. The molecule has 1 saturated heterocycles. The van der Waals surface area contributed by atoms with Crippen LogP contribution < -0.4 is 5.32 Å². The van der Waals surface area contributed by atoms with Gasteiger partial charge in [-0.3, -0.25) is 10.1 Å². The summed E-state index contributed by atoms with van der Waals surface area (Å²) in [7, 11) is 0. The molecular weight excluding hydrogens is 274 g/mol. The molecule has 2 N–H and O–H groups in total. The lowest BCUT2D eigenvalue weighted by Crippen LogP contribution is -2.47. The average Bonchev–Trinajstić information content (AvgIpc) is 2.39. The van der Waals surface area contributed by atoms with Crippen molar-refractivity contribution < 1.29 is 14.8 Å². The van der Waals surface area contributed by atoms with Crippen LogP contribution in [0.2, 0.25) is 5.15 Å². The minimum absolute atomic E-state index is 0.0387. The topological polar surface area (TPSA) is 97.5 Å². The zero-order chi connectivity index (χ0) is 13.9. The van der Waals surface area contributed by atoms with Gasteiger partial charge in [-0.2, -0.15) is 0 Å². The van der Waals surface area contributed by atoms with E-state index in [1.807, 2.05) is 0 Å². The highest BCUT2D eigenvalue weighted by atomic mass is 35.5. The molecule has 0 saturated carbocycles. The molecule has 0 spiro atoms. The molecule has 104 valence electrons. The minimum Gasteiger partial charge on any atom is -0.394 e. The van der Waals surface area contributed by atoms with Gasteiger partial charge < -0.3 is 15.2 Å². The van der Waals surface area contributed by atoms with Crippen molar-refractivity contribution in [2.24, 2.45) is 0 Å². The predicted octanol–water partition coefficient (Wildman–Crippen LogP) is 1.60. The lowest BCUT2D eigenvalue weighted by Gasteiger charge is -2.36. The molecule has 0 aromatic carbocycles. The van der Waals surface area contributed by atoms with Gasteiger partial charge in [0.1, 0.15) is 11.0 Å². The standard InChI is InChI=1S/C11H14ClN3O4/c12-9-5-8(15(17)18)6-10(13-9)14-11(7-16)1-3-19-4-2-11/h5-6,16H,1-4,7H2,(H,13,14). The van der Waals surface area contributed by atoms with Crippen molar-refractivity contribution in [2.45, 2.75) is 18.4 Å². The summed E-state index contributed by atoms with van der Waals surface area (Å²) in [6, 6.07) is 2.49. The molecule has 0 aliphatic carbocycles. The molecule has 1 fully saturated rings. The smallest absolute Gasteiger partial charge is 0.276 e. The van der Waals surface area contributed by atoms with Gasteiger partial charge in [0.15, 0.2) is 0 Å². The molecule has 0 radical (unpaired) electrons. The highest BCUT2D eigenvalue weighted by molar-refractivity contribution is 6.29. The quantitative estimate of drug-likeness (QED) is 0.496. The van der Waals surface area contributed by atoms with Crippen LogP contribution in [0.3, 0.4) is 0 Å². The SMILES string of the molecule is O=[N+]([O-])c1cc(Cl)nc(NC2(CO)CCOCC2)c1. The molecule has 2 heterocycles. The molecule has 19 heavy (non-hydrogen) atoms. The Morgan fingerprint density at radius 1 is 1.53 bits per heavy atom. The summed E-state index contributed by atoms with van der Waals surface area (Å²) in [5.41, 5.74) is -0.702. The molecule has 2 rings (SSSR count). The monoisotopic (exact) mass is 287 g/mol.